The third-order valence-corrected chi connectivity index (χ3v) is 26.6. The van der Waals surface area contributed by atoms with Crippen LogP contribution >= 0.6 is 69.6 Å². The fourth-order valence-electron chi connectivity index (χ4n) is 18.4. The highest BCUT2D eigenvalue weighted by Gasteiger charge is 2.41. The fraction of sp³-hybridized carbons (Fsp3) is 0.287. The number of carbonyl (C=O) groups is 4. The van der Waals surface area contributed by atoms with Crippen molar-refractivity contribution in [1.82, 2.24) is 78.6 Å². The molecule has 34 heteroatoms. The van der Waals surface area contributed by atoms with Gasteiger partial charge in [-0.15, -0.1) is 23.9 Å². The van der Waals surface area contributed by atoms with Gasteiger partial charge in [0.2, 0.25) is 0 Å². The summed E-state index contributed by atoms with van der Waals surface area (Å²) in [4.78, 5) is 85.6. The molecule has 0 spiro atoms. The first-order valence-corrected chi connectivity index (χ1v) is 49.6. The molecule has 4 unspecified atom stereocenters. The minimum absolute atomic E-state index is 0.0955. The number of terminal acetylenes is 1. The third kappa shape index (κ3) is 24.0. The second-order valence-corrected chi connectivity index (χ2v) is 37.0. The highest BCUT2D eigenvalue weighted by molar-refractivity contribution is 6.33. The zero-order valence-corrected chi connectivity index (χ0v) is 82.9. The number of aryl methyl sites for hydroxylation is 3. The van der Waals surface area contributed by atoms with Gasteiger partial charge in [-0.05, 0) is 224 Å². The summed E-state index contributed by atoms with van der Waals surface area (Å²) < 4.78 is 51.2. The lowest BCUT2D eigenvalue weighted by Gasteiger charge is -2.35. The van der Waals surface area contributed by atoms with E-state index >= 15 is 0 Å². The number of benzene rings is 9. The maximum absolute atomic E-state index is 13.5. The Kier molecular flexibility index (Phi) is 33.3. The molecule has 28 nitrogen and oxygen atoms in total. The summed E-state index contributed by atoms with van der Waals surface area (Å²) in [6, 6.07) is 60.9. The normalized spacial score (nSPS) is 15.1. The maximum Gasteiger partial charge on any atom is 0.415 e. The fourth-order valence-corrected chi connectivity index (χ4v) is 19.4. The Bertz CT molecular complexity index is 7050. The number of aromatic amines is 4. The summed E-state index contributed by atoms with van der Waals surface area (Å²) in [5.74, 6) is 6.54. The zero-order valence-electron chi connectivity index (χ0n) is 78.3. The van der Waals surface area contributed by atoms with E-state index in [1.54, 1.807) is 67.1 Å². The van der Waals surface area contributed by atoms with Crippen LogP contribution in [-0.2, 0) is 70.9 Å². The summed E-state index contributed by atoms with van der Waals surface area (Å²) >= 11 is 37.2. The molecule has 0 radical (unpaired) electrons. The molecular formula is C108H106Cl6N16O12. The van der Waals surface area contributed by atoms with Gasteiger partial charge in [-0.3, -0.25) is 29.0 Å². The van der Waals surface area contributed by atoms with Gasteiger partial charge in [0.25, 0.3) is 0 Å². The molecule has 0 fully saturated rings. The van der Waals surface area contributed by atoms with Crippen molar-refractivity contribution in [2.24, 2.45) is 0 Å². The molecule has 4 aliphatic rings. The van der Waals surface area contributed by atoms with Gasteiger partial charge in [0.15, 0.2) is 0 Å². The summed E-state index contributed by atoms with van der Waals surface area (Å²) in [6.45, 7) is 14.8. The van der Waals surface area contributed by atoms with Gasteiger partial charge < -0.3 is 62.4 Å². The van der Waals surface area contributed by atoms with E-state index in [1.165, 1.54) is 29.3 Å². The molecule has 7 aromatic heterocycles. The van der Waals surface area contributed by atoms with Crippen molar-refractivity contribution in [1.29, 1.82) is 0 Å². The Morgan fingerprint density at radius 1 is 0.430 bits per heavy atom. The average molecular weight is 2030 g/mol. The lowest BCUT2D eigenvalue weighted by atomic mass is 9.92. The van der Waals surface area contributed by atoms with Gasteiger partial charge in [-0.2, -0.15) is 10.2 Å². The Morgan fingerprint density at radius 2 is 0.789 bits per heavy atom. The molecule has 11 heterocycles. The molecule has 4 atom stereocenters. The van der Waals surface area contributed by atoms with Crippen LogP contribution in [0, 0.1) is 12.3 Å². The minimum Gasteiger partial charge on any atom is -0.494 e. The standard InChI is InChI=1S/C30H27Cl2N5O3.C27H26ClN5O3.C27H27ClN4O3.C24H26Cl2N2O3/c31-22-8-11-27-25(16-22)24-12-14-37(30(38)40-17-21-4-1-2-5-26(21)32)29(28(24)35-27)20-6-9-23(10-7-20)39-15-3-13-36-19-33-18-34-36;1-2-3-14-36-27(34)33-13-11-22-23-16-20(28)7-10-24(23)31-25(22)26(33)19-5-8-21(9-6-19)35-15-4-12-32-18-29-17-30-32;1-18(2)35-27(33)32-13-10-22-23-16-20(28)6-9-24(23)30-25(22)26(32)19-4-7-21(8-5-19)34-15-3-12-31-14-11-29-17-31;1-2-13-31-24(29)28-12-10-19-20-15-17(26)6-9-21(20)27-22(19)23(28)16-4-7-18(8-5-16)30-14-3-11-25/h1-2,4-11,16,18-19,29,35H,3,12-15,17H2;1,5-10,16-18,26,31H,3-4,11-15H2;4-9,11,14,16-17,26,30H,1,3,10,12-13,15H2,2H3;4-9,15,23,27H,2-3,10-14H2,1H3. The summed E-state index contributed by atoms with van der Waals surface area (Å²) in [6.07, 6.45) is 23.0. The Balaban J connectivity index is 0.000000131. The number of H-pyrrole nitrogens is 4. The van der Waals surface area contributed by atoms with Gasteiger partial charge in [-0.25, -0.2) is 34.1 Å². The lowest BCUT2D eigenvalue weighted by molar-refractivity contribution is 0.0831. The molecule has 0 bridgehead atoms. The molecule has 0 saturated heterocycles. The van der Waals surface area contributed by atoms with Gasteiger partial charge in [0.05, 0.1) is 45.1 Å². The van der Waals surface area contributed by atoms with E-state index in [-0.39, 0.29) is 49.6 Å². The van der Waals surface area contributed by atoms with Crippen molar-refractivity contribution < 1.29 is 57.1 Å². The Hall–Kier alpha value is -14.1. The van der Waals surface area contributed by atoms with Crippen LogP contribution in [0.5, 0.6) is 23.0 Å². The van der Waals surface area contributed by atoms with Crippen molar-refractivity contribution in [3.63, 3.8) is 0 Å². The van der Waals surface area contributed by atoms with Crippen molar-refractivity contribution >= 4 is 138 Å². The topological polar surface area (TPSA) is 297 Å². The Morgan fingerprint density at radius 3 is 1.13 bits per heavy atom. The third-order valence-electron chi connectivity index (χ3n) is 25.0. The molecule has 4 aliphatic heterocycles. The number of nitrogens with one attached hydrogen (secondary N) is 4. The number of rotatable bonds is 30. The minimum atomic E-state index is -0.412. The summed E-state index contributed by atoms with van der Waals surface area (Å²) in [7, 11) is 0. The molecule has 0 saturated carbocycles. The number of ether oxygens (including phenoxy) is 8. The van der Waals surface area contributed by atoms with E-state index in [2.05, 4.69) is 57.6 Å². The van der Waals surface area contributed by atoms with E-state index in [1.807, 2.05) is 206 Å². The molecule has 142 heavy (non-hydrogen) atoms. The second-order valence-electron chi connectivity index (χ2n) is 34.5. The smallest absolute Gasteiger partial charge is 0.415 e. The van der Waals surface area contributed by atoms with Gasteiger partial charge in [-0.1, -0.05) is 138 Å². The monoisotopic (exact) mass is 2030 g/mol. The van der Waals surface area contributed by atoms with E-state index in [0.717, 1.165) is 181 Å². The van der Waals surface area contributed by atoms with Crippen LogP contribution in [0.1, 0.15) is 149 Å². The number of fused-ring (bicyclic) bond motifs is 12. The van der Waals surface area contributed by atoms with Gasteiger partial charge >= 0.3 is 24.4 Å². The predicted octanol–water partition coefficient (Wildman–Crippen LogP) is 24.2. The largest absolute Gasteiger partial charge is 0.494 e. The lowest BCUT2D eigenvalue weighted by Crippen LogP contribution is -2.41. The predicted molar refractivity (Wildman–Crippen MR) is 551 cm³/mol. The number of carbonyl (C=O) groups excluding carboxylic acids is 4. The van der Waals surface area contributed by atoms with Crippen molar-refractivity contribution in [2.75, 3.05) is 71.7 Å². The quantitative estimate of drug-likeness (QED) is 0.0107. The van der Waals surface area contributed by atoms with Crippen LogP contribution in [0.4, 0.5) is 19.2 Å². The number of aromatic nitrogens is 12. The molecule has 732 valence electrons. The van der Waals surface area contributed by atoms with E-state index in [4.69, 9.17) is 114 Å². The van der Waals surface area contributed by atoms with E-state index < -0.39 is 12.2 Å². The van der Waals surface area contributed by atoms with Crippen LogP contribution < -0.4 is 18.9 Å². The average Bonchev–Trinajstić information content (AvgIpc) is 1.58. The number of allylic oxidation sites excluding steroid dienone is 1. The van der Waals surface area contributed by atoms with Crippen molar-refractivity contribution in [3.05, 3.63) is 348 Å². The SMILES string of the molecule is C#CCCOC(=O)N1CCc2c([nH]c3ccc(Cl)cc23)C1c1ccc(OCCCn2cncn2)cc1.C=C(C)OC(=O)N1CCc2c([nH]c3ccc(Cl)cc23)C1c1ccc(OCCCn2ccnc2)cc1.CCCOC(=O)N1CCc2c([nH]c3ccc(Cl)cc23)C1c1ccc(OCCCCl)cc1.O=C(OCc1ccccc1Cl)N1CCc2c([nH]c3ccc(Cl)cc23)C1c1ccc(OCCCn2cncn2)cc1. The highest BCUT2D eigenvalue weighted by atomic mass is 35.5. The molecule has 16 aromatic rings. The summed E-state index contributed by atoms with van der Waals surface area (Å²) in [5, 5.41) is 15.9. The first-order chi connectivity index (χ1) is 69.3. The molecule has 9 aromatic carbocycles. The maximum atomic E-state index is 13.5. The molecule has 4 N–H and O–H groups in total. The van der Waals surface area contributed by atoms with Crippen LogP contribution in [-0.4, -0.2) is 175 Å². The number of halogens is 6. The van der Waals surface area contributed by atoms with Crippen LogP contribution in [0.15, 0.2) is 250 Å². The summed E-state index contributed by atoms with van der Waals surface area (Å²) in [5.41, 5.74) is 17.2. The molecular weight excluding hydrogens is 1930 g/mol. The molecule has 0 aliphatic carbocycles. The van der Waals surface area contributed by atoms with E-state index in [9.17, 15) is 19.2 Å². The van der Waals surface area contributed by atoms with Gasteiger partial charge in [0, 0.05) is 180 Å². The number of hydrogen-bond acceptors (Lipinski definition) is 17. The number of hydrogen-bond donors (Lipinski definition) is 4. The number of amides is 4. The van der Waals surface area contributed by atoms with Crippen LogP contribution in [0.3, 0.4) is 0 Å². The molecule has 20 rings (SSSR count). The first-order valence-electron chi connectivity index (χ1n) is 47.2. The van der Waals surface area contributed by atoms with Crippen LogP contribution in [0.2, 0.25) is 25.1 Å². The molecule has 4 amide bonds. The number of imidazole rings is 1. The number of alkyl halides is 1. The van der Waals surface area contributed by atoms with Crippen molar-refractivity contribution in [3.8, 4) is 35.3 Å². The Labute approximate surface area is 851 Å². The second kappa shape index (κ2) is 47.5. The highest BCUT2D eigenvalue weighted by Crippen LogP contribution is 2.46. The zero-order chi connectivity index (χ0) is 98.5. The first kappa shape index (κ1) is 99.5. The number of nitrogens with zero attached hydrogens (tertiary/aromatic N) is 12. The van der Waals surface area contributed by atoms with Crippen molar-refractivity contribution in [2.45, 2.75) is 128 Å². The van der Waals surface area contributed by atoms with E-state index in [0.29, 0.717) is 122 Å². The van der Waals surface area contributed by atoms with Crippen LogP contribution in [0.25, 0.3) is 43.6 Å². The van der Waals surface area contributed by atoms with Gasteiger partial charge in [0.1, 0.15) is 85.7 Å².